The maximum absolute atomic E-state index is 5.73. The van der Waals surface area contributed by atoms with Crippen molar-refractivity contribution < 1.29 is 0 Å². The Morgan fingerprint density at radius 1 is 1.38 bits per heavy atom. The van der Waals surface area contributed by atoms with E-state index >= 15 is 0 Å². The second-order valence-corrected chi connectivity index (χ2v) is 3.54. The summed E-state index contributed by atoms with van der Waals surface area (Å²) in [5.74, 6) is 0.538. The van der Waals surface area contributed by atoms with Crippen LogP contribution < -0.4 is 5.73 Å². The minimum atomic E-state index is 0.538. The summed E-state index contributed by atoms with van der Waals surface area (Å²) in [5, 5.41) is 1.97. The van der Waals surface area contributed by atoms with E-state index in [0.29, 0.717) is 5.82 Å². The van der Waals surface area contributed by atoms with Crippen LogP contribution in [0.3, 0.4) is 0 Å². The average molecular weight is 191 g/mol. The number of aromatic nitrogens is 2. The van der Waals surface area contributed by atoms with Crippen LogP contribution in [0.25, 0.3) is 11.3 Å². The zero-order valence-corrected chi connectivity index (χ0v) is 8.01. The van der Waals surface area contributed by atoms with E-state index in [-0.39, 0.29) is 0 Å². The van der Waals surface area contributed by atoms with Crippen molar-refractivity contribution >= 4 is 17.2 Å². The van der Waals surface area contributed by atoms with Crippen molar-refractivity contribution in [2.24, 2.45) is 0 Å². The molecule has 0 saturated heterocycles. The summed E-state index contributed by atoms with van der Waals surface area (Å²) in [6.45, 7) is 1.99. The molecule has 0 bridgehead atoms. The summed E-state index contributed by atoms with van der Waals surface area (Å²) in [5.41, 5.74) is 10.4. The molecule has 2 N–H and O–H groups in total. The third kappa shape index (κ3) is 1.53. The van der Waals surface area contributed by atoms with Crippen LogP contribution in [-0.2, 0) is 0 Å². The van der Waals surface area contributed by atoms with Gasteiger partial charge in [-0.2, -0.15) is 0 Å². The highest BCUT2D eigenvalue weighted by Gasteiger charge is 2.05. The van der Waals surface area contributed by atoms with E-state index in [9.17, 15) is 0 Å². The van der Waals surface area contributed by atoms with Crippen LogP contribution in [0.2, 0.25) is 0 Å². The van der Waals surface area contributed by atoms with Gasteiger partial charge in [-0.15, -0.1) is 11.3 Å². The number of nitrogen functional groups attached to an aromatic ring is 1. The van der Waals surface area contributed by atoms with Crippen molar-refractivity contribution in [1.29, 1.82) is 0 Å². The van der Waals surface area contributed by atoms with Gasteiger partial charge in [-0.1, -0.05) is 0 Å². The van der Waals surface area contributed by atoms with Crippen molar-refractivity contribution in [1.82, 2.24) is 9.97 Å². The molecule has 0 radical (unpaired) electrons. The summed E-state index contributed by atoms with van der Waals surface area (Å²) >= 11 is 1.55. The third-order valence-electron chi connectivity index (χ3n) is 1.76. The van der Waals surface area contributed by atoms with E-state index in [1.54, 1.807) is 23.0 Å². The molecule has 0 spiro atoms. The first kappa shape index (κ1) is 8.19. The number of pyridine rings is 1. The largest absolute Gasteiger partial charge is 0.383 e. The maximum Gasteiger partial charge on any atom is 0.132 e. The number of nitrogens with zero attached hydrogens (tertiary/aromatic N) is 2. The molecule has 13 heavy (non-hydrogen) atoms. The normalized spacial score (nSPS) is 10.2. The Hall–Kier alpha value is -1.42. The van der Waals surface area contributed by atoms with Crippen LogP contribution in [-0.4, -0.2) is 9.97 Å². The van der Waals surface area contributed by atoms with Crippen LogP contribution >= 0.6 is 11.3 Å². The predicted molar refractivity (Wildman–Crippen MR) is 54.5 cm³/mol. The minimum absolute atomic E-state index is 0.538. The fourth-order valence-corrected chi connectivity index (χ4v) is 1.68. The van der Waals surface area contributed by atoms with Crippen LogP contribution in [0.15, 0.2) is 23.2 Å². The van der Waals surface area contributed by atoms with Crippen LogP contribution in [0, 0.1) is 6.92 Å². The van der Waals surface area contributed by atoms with Crippen molar-refractivity contribution in [2.45, 2.75) is 6.92 Å². The highest BCUT2D eigenvalue weighted by molar-refractivity contribution is 7.07. The lowest BCUT2D eigenvalue weighted by Crippen LogP contribution is -1.94. The summed E-state index contributed by atoms with van der Waals surface area (Å²) in [4.78, 5) is 8.26. The molecule has 0 unspecified atom stereocenters. The molecule has 2 aromatic rings. The number of rotatable bonds is 1. The smallest absolute Gasteiger partial charge is 0.132 e. The van der Waals surface area contributed by atoms with Gasteiger partial charge >= 0.3 is 0 Å². The van der Waals surface area contributed by atoms with Gasteiger partial charge in [-0.05, 0) is 18.6 Å². The van der Waals surface area contributed by atoms with Crippen LogP contribution in [0.4, 0.5) is 5.82 Å². The minimum Gasteiger partial charge on any atom is -0.383 e. The van der Waals surface area contributed by atoms with E-state index in [1.165, 1.54) is 0 Å². The van der Waals surface area contributed by atoms with Crippen molar-refractivity contribution in [3.63, 3.8) is 0 Å². The number of anilines is 1. The van der Waals surface area contributed by atoms with Crippen molar-refractivity contribution in [3.8, 4) is 11.3 Å². The summed E-state index contributed by atoms with van der Waals surface area (Å²) < 4.78 is 0. The quantitative estimate of drug-likeness (QED) is 0.751. The molecule has 0 aliphatic rings. The predicted octanol–water partition coefficient (Wildman–Crippen LogP) is 2.10. The number of nitrogens with two attached hydrogens (primary N) is 1. The molecule has 2 aromatic heterocycles. The summed E-state index contributed by atoms with van der Waals surface area (Å²) in [6, 6.07) is 2.00. The highest BCUT2D eigenvalue weighted by atomic mass is 32.1. The SMILES string of the molecule is Cc1cnc(N)c(-c2cscn2)c1. The maximum atomic E-state index is 5.73. The van der Waals surface area contributed by atoms with E-state index in [1.807, 2.05) is 18.4 Å². The Balaban J connectivity index is 2.57. The summed E-state index contributed by atoms with van der Waals surface area (Å²) in [6.07, 6.45) is 1.76. The van der Waals surface area contributed by atoms with E-state index in [2.05, 4.69) is 9.97 Å². The van der Waals surface area contributed by atoms with Crippen molar-refractivity contribution in [3.05, 3.63) is 28.7 Å². The number of aryl methyl sites for hydroxylation is 1. The van der Waals surface area contributed by atoms with E-state index in [0.717, 1.165) is 16.8 Å². The third-order valence-corrected chi connectivity index (χ3v) is 2.35. The first-order valence-corrected chi connectivity index (χ1v) is 4.82. The molecule has 66 valence electrons. The highest BCUT2D eigenvalue weighted by Crippen LogP contribution is 2.24. The first-order chi connectivity index (χ1) is 6.27. The van der Waals surface area contributed by atoms with Gasteiger partial charge in [0.1, 0.15) is 5.82 Å². The van der Waals surface area contributed by atoms with E-state index < -0.39 is 0 Å². The zero-order chi connectivity index (χ0) is 9.26. The van der Waals surface area contributed by atoms with Crippen LogP contribution in [0.1, 0.15) is 5.56 Å². The fourth-order valence-electron chi connectivity index (χ4n) is 1.13. The molecule has 0 aromatic carbocycles. The molecule has 0 amide bonds. The van der Waals surface area contributed by atoms with E-state index in [4.69, 9.17) is 5.73 Å². The molecule has 0 aliphatic carbocycles. The fraction of sp³-hybridized carbons (Fsp3) is 0.111. The topological polar surface area (TPSA) is 51.8 Å². The molecule has 0 atom stereocenters. The first-order valence-electron chi connectivity index (χ1n) is 3.88. The standard InChI is InChI=1S/C9H9N3S/c1-6-2-7(9(10)11-3-6)8-4-13-5-12-8/h2-5H,1H3,(H2,10,11). The lowest BCUT2D eigenvalue weighted by Gasteiger charge is -2.01. The van der Waals surface area contributed by atoms with Gasteiger partial charge in [0.05, 0.1) is 11.2 Å². The van der Waals surface area contributed by atoms with Crippen molar-refractivity contribution in [2.75, 3.05) is 5.73 Å². The molecule has 0 saturated carbocycles. The van der Waals surface area contributed by atoms with Gasteiger partial charge in [-0.3, -0.25) is 0 Å². The monoisotopic (exact) mass is 191 g/mol. The Labute approximate surface area is 80.3 Å². The number of hydrogen-bond donors (Lipinski definition) is 1. The second kappa shape index (κ2) is 3.14. The molecule has 3 nitrogen and oxygen atoms in total. The molecule has 0 aliphatic heterocycles. The average Bonchev–Trinajstić information content (AvgIpc) is 2.61. The lowest BCUT2D eigenvalue weighted by molar-refractivity contribution is 1.26. The van der Waals surface area contributed by atoms with Gasteiger partial charge < -0.3 is 5.73 Å². The number of thiazole rings is 1. The number of hydrogen-bond acceptors (Lipinski definition) is 4. The molecule has 0 fully saturated rings. The molecule has 2 heterocycles. The lowest BCUT2D eigenvalue weighted by atomic mass is 10.1. The van der Waals surface area contributed by atoms with Gasteiger partial charge in [0, 0.05) is 17.1 Å². The van der Waals surface area contributed by atoms with Gasteiger partial charge in [0.15, 0.2) is 0 Å². The second-order valence-electron chi connectivity index (χ2n) is 2.82. The molecule has 4 heteroatoms. The Bertz CT molecular complexity index is 409. The zero-order valence-electron chi connectivity index (χ0n) is 7.19. The Kier molecular flexibility index (Phi) is 1.98. The van der Waals surface area contributed by atoms with Gasteiger partial charge in [-0.25, -0.2) is 9.97 Å². The Morgan fingerprint density at radius 2 is 2.23 bits per heavy atom. The molecular formula is C9H9N3S. The van der Waals surface area contributed by atoms with Gasteiger partial charge in [0.2, 0.25) is 0 Å². The van der Waals surface area contributed by atoms with Crippen LogP contribution in [0.5, 0.6) is 0 Å². The summed E-state index contributed by atoms with van der Waals surface area (Å²) in [7, 11) is 0. The molecule has 2 rings (SSSR count). The Morgan fingerprint density at radius 3 is 2.92 bits per heavy atom. The molecular weight excluding hydrogens is 182 g/mol. The van der Waals surface area contributed by atoms with Gasteiger partial charge in [0.25, 0.3) is 0 Å².